The number of amides is 16. The largest absolute Gasteiger partial charge is 0.394 e. The number of likely N-dealkylation sites (N-methyl/N-ethyl adjacent to an activating group) is 3. The number of primary amides is 2. The molecule has 7 aromatic rings. The molecule has 137 heavy (non-hydrogen) atoms. The minimum absolute atomic E-state index is 0.0106. The molecule has 0 saturated carbocycles. The molecule has 0 radical (unpaired) electrons. The summed E-state index contributed by atoms with van der Waals surface area (Å²) in [5.74, 6) is -20.9. The number of fused-ring (bicyclic) bond motifs is 3. The van der Waals surface area contributed by atoms with E-state index in [1.807, 2.05) is 0 Å². The number of thioether (sulfide) groups is 1. The van der Waals surface area contributed by atoms with Crippen molar-refractivity contribution in [2.75, 3.05) is 72.0 Å². The Balaban J connectivity index is 1.10. The van der Waals surface area contributed by atoms with E-state index in [-0.39, 0.29) is 95.2 Å². The van der Waals surface area contributed by atoms with Crippen molar-refractivity contribution in [3.63, 3.8) is 0 Å². The Morgan fingerprint density at radius 1 is 0.569 bits per heavy atom. The molecular formula is C94H125N23O19S. The Morgan fingerprint density at radius 3 is 1.80 bits per heavy atom. The molecule has 13 atom stereocenters. The molecule has 0 unspecified atom stereocenters. The number of nitrogens with one attached hydrogen (secondary N) is 15. The maximum atomic E-state index is 15.7. The summed E-state index contributed by atoms with van der Waals surface area (Å²) in [5.41, 5.74) is 20.2. The van der Waals surface area contributed by atoms with Crippen LogP contribution in [0.15, 0.2) is 134 Å². The number of aliphatic hydroxyl groups excluding tert-OH is 1. The van der Waals surface area contributed by atoms with Crippen LogP contribution in [0.3, 0.4) is 0 Å². The van der Waals surface area contributed by atoms with Crippen LogP contribution < -0.4 is 75.7 Å². The monoisotopic (exact) mass is 1910 g/mol. The van der Waals surface area contributed by atoms with Crippen molar-refractivity contribution in [2.24, 2.45) is 35.0 Å². The maximum Gasteiger partial charge on any atom is 0.251 e. The number of H-pyrrole nitrogens is 3. The molecule has 5 heterocycles. The first-order valence-electron chi connectivity index (χ1n) is 45.5. The van der Waals surface area contributed by atoms with Crippen molar-refractivity contribution in [1.29, 1.82) is 5.41 Å². The molecule has 4 aromatic carbocycles. The van der Waals surface area contributed by atoms with Gasteiger partial charge in [-0.25, -0.2) is 4.98 Å². The average Bonchev–Trinajstić information content (AvgIpc) is 1.36. The summed E-state index contributed by atoms with van der Waals surface area (Å²) in [5, 5.41) is 49.5. The summed E-state index contributed by atoms with van der Waals surface area (Å²) in [7, 11) is 3.84. The highest BCUT2D eigenvalue weighted by atomic mass is 32.2. The molecule has 3 aromatic heterocycles. The van der Waals surface area contributed by atoms with Crippen LogP contribution in [0.5, 0.6) is 0 Å². The average molecular weight is 1910 g/mol. The van der Waals surface area contributed by atoms with E-state index >= 15 is 28.8 Å². The predicted molar refractivity (Wildman–Crippen MR) is 507 cm³/mol. The van der Waals surface area contributed by atoms with Crippen molar-refractivity contribution < 1.29 is 91.4 Å². The molecule has 2 fully saturated rings. The Morgan fingerprint density at radius 2 is 1.18 bits per heavy atom. The van der Waals surface area contributed by atoms with Gasteiger partial charge in [0.25, 0.3) is 5.91 Å². The van der Waals surface area contributed by atoms with Gasteiger partial charge in [-0.2, -0.15) is 0 Å². The number of aromatic amines is 3. The Kier molecular flexibility index (Phi) is 40.3. The Hall–Kier alpha value is -14.4. The normalized spacial score (nSPS) is 23.0. The number of carbonyl (C=O) groups excluding carboxylic acids is 18. The zero-order valence-corrected chi connectivity index (χ0v) is 78.5. The summed E-state index contributed by atoms with van der Waals surface area (Å²) in [6.07, 6.45) is 3.50. The molecule has 0 spiro atoms. The Labute approximate surface area is 795 Å². The van der Waals surface area contributed by atoms with Crippen LogP contribution in [0.25, 0.3) is 21.8 Å². The number of aliphatic hydroxyl groups is 1. The first-order valence-corrected chi connectivity index (χ1v) is 46.7. The van der Waals surface area contributed by atoms with E-state index in [1.165, 1.54) is 52.7 Å². The number of carbonyl (C=O) groups is 18. The van der Waals surface area contributed by atoms with Gasteiger partial charge in [0, 0.05) is 136 Å². The Bertz CT molecular complexity index is 5440. The summed E-state index contributed by atoms with van der Waals surface area (Å²) >= 11 is 0.774. The van der Waals surface area contributed by atoms with Gasteiger partial charge in [0.1, 0.15) is 60.4 Å². The lowest BCUT2D eigenvalue weighted by molar-refractivity contribution is -0.145. The highest BCUT2D eigenvalue weighted by Crippen LogP contribution is 2.28. The number of para-hydroxylation sites is 2. The number of rotatable bonds is 26. The topological polar surface area (TPSA) is 635 Å². The fourth-order valence-electron chi connectivity index (χ4n) is 16.4. The number of nitrogens with two attached hydrogens (primary N) is 3. The van der Waals surface area contributed by atoms with Crippen LogP contribution in [0.2, 0.25) is 0 Å². The molecule has 22 N–H and O–H groups in total. The number of nitrogens with zero attached hydrogens (tertiary/aromatic N) is 5. The number of guanidine groups is 1. The van der Waals surface area contributed by atoms with Crippen molar-refractivity contribution in [2.45, 2.75) is 190 Å². The van der Waals surface area contributed by atoms with Gasteiger partial charge in [0.05, 0.1) is 50.2 Å². The molecule has 736 valence electrons. The van der Waals surface area contributed by atoms with Gasteiger partial charge >= 0.3 is 0 Å². The fourth-order valence-corrected chi connectivity index (χ4v) is 17.3. The minimum Gasteiger partial charge on any atom is -0.394 e. The predicted octanol–water partition coefficient (Wildman–Crippen LogP) is -1.06. The third kappa shape index (κ3) is 31.3. The molecule has 43 heteroatoms. The molecule has 0 aliphatic carbocycles. The molecule has 2 aliphatic heterocycles. The van der Waals surface area contributed by atoms with Gasteiger partial charge in [-0.15, -0.1) is 11.8 Å². The maximum absolute atomic E-state index is 15.7. The molecule has 0 bridgehead atoms. The van der Waals surface area contributed by atoms with Crippen molar-refractivity contribution in [1.82, 2.24) is 98.0 Å². The molecule has 16 amide bonds. The lowest BCUT2D eigenvalue weighted by Crippen LogP contribution is -2.60. The number of hydrogen-bond donors (Lipinski definition) is 19. The van der Waals surface area contributed by atoms with Crippen LogP contribution in [-0.4, -0.2) is 295 Å². The smallest absolute Gasteiger partial charge is 0.251 e. The number of Topliss-reactive ketones (excluding diaryl/α,β-unsaturated/α-hetero) is 2. The van der Waals surface area contributed by atoms with Crippen molar-refractivity contribution >= 4 is 146 Å². The lowest BCUT2D eigenvalue weighted by atomic mass is 9.92. The molecular weight excluding hydrogens is 1790 g/mol. The van der Waals surface area contributed by atoms with Crippen LogP contribution in [0, 0.1) is 23.2 Å². The SMILES string of the molecule is CCCC[C@H]1C(=O)N[C@@H](CCCNC(=N)N)C(=O)N[C@H](C(=O)NCC(N)=O)CSCC(=O)N[C@@H](Cc2ccccc2)C(=O)N(C)[C@@H](C)C(=O)N[C@@H](CC(N)=O)C(=O)N2CCC[C@H]2C(=O)N[C@@H](Cc2cnc[nH]2)C(=O)N[C@@H](CC(C)C)C(=O)N(C)CC(=O)C[C@@H](Cc2c[nH]c3ccccc23)C(=O)N[C@@H](CO)C(=O)N[C@@H](Cc2c[nH]c3ccccc23)C(=O)C[C@@H](CNC(=O)c2ccccc2)C(=O)N1C. The first-order chi connectivity index (χ1) is 65.4. The van der Waals surface area contributed by atoms with Gasteiger partial charge in [-0.1, -0.05) is 119 Å². The second-order valence-corrected chi connectivity index (χ2v) is 35.8. The number of ketones is 2. The van der Waals surface area contributed by atoms with Gasteiger partial charge in [-0.05, 0) is 98.7 Å². The van der Waals surface area contributed by atoms with E-state index in [1.54, 1.807) is 130 Å². The van der Waals surface area contributed by atoms with Gasteiger partial charge in [-0.3, -0.25) is 91.7 Å². The number of unbranched alkanes of at least 4 members (excludes halogenated alkanes) is 1. The second kappa shape index (κ2) is 51.9. The second-order valence-electron chi connectivity index (χ2n) is 34.8. The highest BCUT2D eigenvalue weighted by Gasteiger charge is 2.44. The third-order valence-corrected chi connectivity index (χ3v) is 24.9. The van der Waals surface area contributed by atoms with Crippen LogP contribution in [0.1, 0.15) is 131 Å². The fraction of sp³-hybridized carbons (Fsp3) is 0.468. The highest BCUT2D eigenvalue weighted by molar-refractivity contribution is 8.00. The van der Waals surface area contributed by atoms with E-state index in [2.05, 4.69) is 78.4 Å². The molecule has 9 rings (SSSR count). The minimum atomic E-state index is -1.86. The standard InChI is InChI=1S/C94H125N23O19S/c1-8-9-31-75-88(131)107-67(30-20-33-100-94(97)98)85(128)113-74(84(127)104-47-79(96)122)50-137-51-80(123)106-71(36-55-22-12-10-13-23-55)92(135)115(6)54(4)81(124)110-72(42-78(95)121)93(136)117-34-21-32-76(117)89(132)109-69(41-61-46-99-52-105-61)86(129)111-70(35-53(2)3)91(134)114(5)48-62(119)38-57(37-58-43-101-65-28-18-16-26-63(58)65)83(126)112-73(49-118)87(130)108-68(39-59-44-102-66-29-19-17-27-64(59)66)77(120)40-60(90(133)116(75)7)45-103-82(125)56-24-14-11-15-25-56/h10-19,22-29,43-44,46,52-54,57,60,67-76,101-102,118H,8-9,20-21,30-42,45,47-51H2,1-7H3,(H2,95,121)(H2,96,122)(H,99,105)(H,103,125)(H,104,127)(H,106,123)(H,107,131)(H,108,130)(H,109,132)(H,110,124)(H,111,129)(H,112,126)(H,113,128)(H4,97,98,100)/t54-,57+,60-,67-,68-,69-,70-,71-,72-,73-,74-,75-,76-/m0/s1. The van der Waals surface area contributed by atoms with E-state index in [4.69, 9.17) is 22.6 Å². The van der Waals surface area contributed by atoms with E-state index in [9.17, 15) is 62.6 Å². The number of aromatic nitrogens is 4. The van der Waals surface area contributed by atoms with E-state index in [0.29, 0.717) is 50.6 Å². The van der Waals surface area contributed by atoms with Gasteiger partial charge in [0.2, 0.25) is 88.6 Å². The van der Waals surface area contributed by atoms with Gasteiger partial charge < -0.3 is 115 Å². The summed E-state index contributed by atoms with van der Waals surface area (Å²) in [6, 6.07) is 13.3. The zero-order chi connectivity index (χ0) is 99.7. The number of hydrogen-bond acceptors (Lipinski definition) is 22. The quantitative estimate of drug-likeness (QED) is 0.0175. The van der Waals surface area contributed by atoms with E-state index < -0.39 is 247 Å². The van der Waals surface area contributed by atoms with E-state index in [0.717, 1.165) is 31.4 Å². The molecule has 42 nitrogen and oxygen atoms in total. The van der Waals surface area contributed by atoms with Crippen LogP contribution >= 0.6 is 11.8 Å². The molecule has 2 saturated heterocycles. The van der Waals surface area contributed by atoms with Gasteiger partial charge in [0.15, 0.2) is 17.5 Å². The van der Waals surface area contributed by atoms with Crippen molar-refractivity contribution in [3.05, 3.63) is 162 Å². The molecule has 2 aliphatic rings. The zero-order valence-electron chi connectivity index (χ0n) is 77.7. The first kappa shape index (κ1) is 106. The summed E-state index contributed by atoms with van der Waals surface area (Å²) < 4.78 is 0. The van der Waals surface area contributed by atoms with Crippen LogP contribution in [0.4, 0.5) is 0 Å². The summed E-state index contributed by atoms with van der Waals surface area (Å²) in [4.78, 5) is 281. The lowest BCUT2D eigenvalue weighted by Gasteiger charge is -2.32. The van der Waals surface area contributed by atoms with Crippen molar-refractivity contribution in [3.8, 4) is 0 Å². The third-order valence-electron chi connectivity index (χ3n) is 23.9. The summed E-state index contributed by atoms with van der Waals surface area (Å²) in [6.45, 7) is 3.48. The van der Waals surface area contributed by atoms with Crippen LogP contribution in [-0.2, 0) is 107 Å². The number of benzene rings is 4. The number of imidazole rings is 1.